The average Bonchev–Trinajstić information content (AvgIpc) is 3.08. The second-order valence-electron chi connectivity index (χ2n) is 8.04. The van der Waals surface area contributed by atoms with Gasteiger partial charge in [-0.1, -0.05) is 0 Å². The SMILES string of the molecule is CCOc1ccc2c(c1)c(CC(C)NC(=O)OC(C)(C)C)c1n2CCC1. The molecule has 1 unspecified atom stereocenters. The van der Waals surface area contributed by atoms with Crippen molar-refractivity contribution in [2.24, 2.45) is 0 Å². The number of nitrogens with one attached hydrogen (secondary N) is 1. The van der Waals surface area contributed by atoms with E-state index in [9.17, 15) is 4.79 Å². The molecule has 0 fully saturated rings. The van der Waals surface area contributed by atoms with E-state index in [1.165, 1.54) is 28.6 Å². The fraction of sp³-hybridized carbons (Fsp3) is 0.571. The zero-order valence-corrected chi connectivity index (χ0v) is 16.5. The molecule has 1 N–H and O–H groups in total. The summed E-state index contributed by atoms with van der Waals surface area (Å²) in [5.74, 6) is 0.901. The highest BCUT2D eigenvalue weighted by atomic mass is 16.6. The van der Waals surface area contributed by atoms with Gasteiger partial charge >= 0.3 is 6.09 Å². The van der Waals surface area contributed by atoms with E-state index in [0.29, 0.717) is 6.61 Å². The van der Waals surface area contributed by atoms with E-state index in [-0.39, 0.29) is 12.1 Å². The predicted molar refractivity (Wildman–Crippen MR) is 104 cm³/mol. The zero-order valence-electron chi connectivity index (χ0n) is 16.5. The van der Waals surface area contributed by atoms with E-state index in [2.05, 4.69) is 22.0 Å². The largest absolute Gasteiger partial charge is 0.494 e. The Kier molecular flexibility index (Phi) is 5.17. The molecule has 0 bridgehead atoms. The minimum Gasteiger partial charge on any atom is -0.494 e. The number of carbonyl (C=O) groups is 1. The molecule has 5 nitrogen and oxygen atoms in total. The van der Waals surface area contributed by atoms with Crippen molar-refractivity contribution in [1.29, 1.82) is 0 Å². The van der Waals surface area contributed by atoms with Crippen LogP contribution in [0.4, 0.5) is 4.79 Å². The molecule has 0 saturated carbocycles. The molecule has 2 heterocycles. The van der Waals surface area contributed by atoms with Gasteiger partial charge in [-0.3, -0.25) is 0 Å². The summed E-state index contributed by atoms with van der Waals surface area (Å²) >= 11 is 0. The number of aromatic nitrogens is 1. The number of carbonyl (C=O) groups excluding carboxylic acids is 1. The number of rotatable bonds is 5. The summed E-state index contributed by atoms with van der Waals surface area (Å²) in [6.07, 6.45) is 2.69. The van der Waals surface area contributed by atoms with Gasteiger partial charge in [0.2, 0.25) is 0 Å². The average molecular weight is 358 g/mol. The lowest BCUT2D eigenvalue weighted by atomic mass is 10.0. The van der Waals surface area contributed by atoms with Crippen molar-refractivity contribution in [3.05, 3.63) is 29.5 Å². The number of ether oxygens (including phenoxy) is 2. The molecule has 0 spiro atoms. The second kappa shape index (κ2) is 7.22. The highest BCUT2D eigenvalue weighted by Gasteiger charge is 2.24. The molecule has 1 aromatic carbocycles. The Morgan fingerprint density at radius 2 is 2.12 bits per heavy atom. The van der Waals surface area contributed by atoms with Gasteiger partial charge in [0.1, 0.15) is 11.4 Å². The minimum absolute atomic E-state index is 0.00324. The normalized spacial score (nSPS) is 15.0. The summed E-state index contributed by atoms with van der Waals surface area (Å²) in [5, 5.41) is 4.21. The summed E-state index contributed by atoms with van der Waals surface area (Å²) in [6, 6.07) is 6.34. The third-order valence-electron chi connectivity index (χ3n) is 4.64. The summed E-state index contributed by atoms with van der Waals surface area (Å²) in [4.78, 5) is 12.1. The van der Waals surface area contributed by atoms with Gasteiger partial charge in [0.25, 0.3) is 0 Å². The third kappa shape index (κ3) is 3.97. The van der Waals surface area contributed by atoms with Gasteiger partial charge in [-0.25, -0.2) is 4.79 Å². The van der Waals surface area contributed by atoms with Crippen LogP contribution in [0.25, 0.3) is 10.9 Å². The maximum atomic E-state index is 12.1. The molecule has 2 aromatic rings. The zero-order chi connectivity index (χ0) is 18.9. The fourth-order valence-electron chi connectivity index (χ4n) is 3.75. The van der Waals surface area contributed by atoms with Crippen LogP contribution < -0.4 is 10.1 Å². The summed E-state index contributed by atoms with van der Waals surface area (Å²) in [7, 11) is 0. The van der Waals surface area contributed by atoms with Crippen molar-refractivity contribution < 1.29 is 14.3 Å². The van der Waals surface area contributed by atoms with Gasteiger partial charge < -0.3 is 19.4 Å². The Hall–Kier alpha value is -2.17. The lowest BCUT2D eigenvalue weighted by Gasteiger charge is -2.22. The smallest absolute Gasteiger partial charge is 0.407 e. The van der Waals surface area contributed by atoms with Crippen LogP contribution in [0.2, 0.25) is 0 Å². The van der Waals surface area contributed by atoms with E-state index in [1.54, 1.807) is 0 Å². The molecule has 1 amide bonds. The molecule has 1 aliphatic rings. The van der Waals surface area contributed by atoms with Crippen LogP contribution in [0, 0.1) is 0 Å². The molecule has 5 heteroatoms. The standard InChI is InChI=1S/C21H30N2O3/c1-6-25-15-9-10-19-17(13-15)16(18-8-7-11-23(18)19)12-14(2)22-20(24)26-21(3,4)5/h9-10,13-14H,6-8,11-12H2,1-5H3,(H,22,24). The predicted octanol–water partition coefficient (Wildman–Crippen LogP) is 4.44. The van der Waals surface area contributed by atoms with E-state index < -0.39 is 5.60 Å². The van der Waals surface area contributed by atoms with Crippen molar-refractivity contribution in [3.8, 4) is 5.75 Å². The lowest BCUT2D eigenvalue weighted by molar-refractivity contribution is 0.0508. The molecule has 0 aliphatic carbocycles. The maximum absolute atomic E-state index is 12.1. The quantitative estimate of drug-likeness (QED) is 0.859. The first-order chi connectivity index (χ1) is 12.3. The van der Waals surface area contributed by atoms with Crippen LogP contribution >= 0.6 is 0 Å². The Labute approximate surface area is 155 Å². The van der Waals surface area contributed by atoms with Crippen molar-refractivity contribution in [3.63, 3.8) is 0 Å². The highest BCUT2D eigenvalue weighted by molar-refractivity contribution is 5.87. The first kappa shape index (κ1) is 18.6. The van der Waals surface area contributed by atoms with Gasteiger partial charge in [0, 0.05) is 29.2 Å². The van der Waals surface area contributed by atoms with E-state index >= 15 is 0 Å². The Morgan fingerprint density at radius 3 is 2.81 bits per heavy atom. The minimum atomic E-state index is -0.486. The van der Waals surface area contributed by atoms with Gasteiger partial charge in [-0.15, -0.1) is 0 Å². The number of hydrogen-bond acceptors (Lipinski definition) is 3. The van der Waals surface area contributed by atoms with Crippen LogP contribution in [0.5, 0.6) is 5.75 Å². The van der Waals surface area contributed by atoms with Crippen LogP contribution in [-0.2, 0) is 24.1 Å². The van der Waals surface area contributed by atoms with Crippen LogP contribution in [0.3, 0.4) is 0 Å². The number of alkyl carbamates (subject to hydrolysis) is 1. The molecule has 26 heavy (non-hydrogen) atoms. The maximum Gasteiger partial charge on any atom is 0.407 e. The van der Waals surface area contributed by atoms with Gasteiger partial charge in [-0.05, 0) is 77.6 Å². The van der Waals surface area contributed by atoms with E-state index in [4.69, 9.17) is 9.47 Å². The molecule has 3 rings (SSSR count). The van der Waals surface area contributed by atoms with Crippen molar-refractivity contribution in [2.45, 2.75) is 72.1 Å². The van der Waals surface area contributed by atoms with E-state index in [1.807, 2.05) is 40.7 Å². The monoisotopic (exact) mass is 358 g/mol. The number of aryl methyl sites for hydroxylation is 1. The van der Waals surface area contributed by atoms with Crippen LogP contribution in [0.15, 0.2) is 18.2 Å². The number of nitrogens with zero attached hydrogens (tertiary/aromatic N) is 1. The van der Waals surface area contributed by atoms with Gasteiger partial charge in [0.05, 0.1) is 6.61 Å². The fourth-order valence-corrected chi connectivity index (χ4v) is 3.75. The van der Waals surface area contributed by atoms with E-state index in [0.717, 1.165) is 25.1 Å². The highest BCUT2D eigenvalue weighted by Crippen LogP contribution is 2.34. The van der Waals surface area contributed by atoms with Gasteiger partial charge in [0.15, 0.2) is 0 Å². The molecule has 1 aromatic heterocycles. The first-order valence-electron chi connectivity index (χ1n) is 9.55. The molecule has 0 radical (unpaired) electrons. The topological polar surface area (TPSA) is 52.5 Å². The molecule has 1 aliphatic heterocycles. The summed E-state index contributed by atoms with van der Waals surface area (Å²) in [5.41, 5.74) is 3.50. The van der Waals surface area contributed by atoms with Crippen LogP contribution in [-0.4, -0.2) is 28.9 Å². The van der Waals surface area contributed by atoms with Crippen molar-refractivity contribution >= 4 is 17.0 Å². The van der Waals surface area contributed by atoms with Crippen molar-refractivity contribution in [2.75, 3.05) is 6.61 Å². The Morgan fingerprint density at radius 1 is 1.35 bits per heavy atom. The van der Waals surface area contributed by atoms with Crippen molar-refractivity contribution in [1.82, 2.24) is 9.88 Å². The number of benzene rings is 1. The second-order valence-corrected chi connectivity index (χ2v) is 8.04. The molecule has 142 valence electrons. The first-order valence-corrected chi connectivity index (χ1v) is 9.55. The summed E-state index contributed by atoms with van der Waals surface area (Å²) in [6.45, 7) is 11.4. The third-order valence-corrected chi connectivity index (χ3v) is 4.64. The number of fused-ring (bicyclic) bond motifs is 3. The Balaban J connectivity index is 1.84. The summed E-state index contributed by atoms with van der Waals surface area (Å²) < 4.78 is 13.5. The van der Waals surface area contributed by atoms with Crippen LogP contribution in [0.1, 0.15) is 52.3 Å². The van der Waals surface area contributed by atoms with Gasteiger partial charge in [-0.2, -0.15) is 0 Å². The molecular formula is C21H30N2O3. The molecule has 1 atom stereocenters. The number of amides is 1. The lowest BCUT2D eigenvalue weighted by Crippen LogP contribution is -2.38. The molecule has 0 saturated heterocycles. The molecular weight excluding hydrogens is 328 g/mol. The number of hydrogen-bond donors (Lipinski definition) is 1. The Bertz CT molecular complexity index is 802.